The molecule has 128 valence electrons. The van der Waals surface area contributed by atoms with E-state index < -0.39 is 18.7 Å². The van der Waals surface area contributed by atoms with E-state index in [9.17, 15) is 4.79 Å². The minimum Gasteiger partial charge on any atom is -0.463 e. The highest BCUT2D eigenvalue weighted by Gasteiger charge is 2.21. The van der Waals surface area contributed by atoms with Crippen LogP contribution in [0.25, 0.3) is 0 Å². The molecule has 23 heavy (non-hydrogen) atoms. The van der Waals surface area contributed by atoms with E-state index in [0.29, 0.717) is 6.04 Å². The quantitative estimate of drug-likeness (QED) is 0.639. The van der Waals surface area contributed by atoms with Crippen molar-refractivity contribution in [1.29, 1.82) is 0 Å². The average Bonchev–Trinajstić information content (AvgIpc) is 3.09. The minimum absolute atomic E-state index is 0.163. The number of hydrogen-bond acceptors (Lipinski definition) is 5. The monoisotopic (exact) mass is 321 g/mol. The summed E-state index contributed by atoms with van der Waals surface area (Å²) in [5.74, 6) is 0.347. The molecule has 0 saturated heterocycles. The van der Waals surface area contributed by atoms with Crippen LogP contribution in [0.15, 0.2) is 24.3 Å². The number of benzene rings is 1. The predicted molar refractivity (Wildman–Crippen MR) is 89.2 cm³/mol. The first kappa shape index (κ1) is 17.8. The van der Waals surface area contributed by atoms with Gasteiger partial charge in [0.2, 0.25) is 0 Å². The molecule has 5 heteroatoms. The Labute approximate surface area is 137 Å². The Hall–Kier alpha value is -1.59. The SMILES string of the molecule is CC(Nc1ccc(CC(=O)OCC(O)CO)cc1)C1CCCC1. The fourth-order valence-corrected chi connectivity index (χ4v) is 3.02. The van der Waals surface area contributed by atoms with Gasteiger partial charge in [-0.05, 0) is 43.4 Å². The summed E-state index contributed by atoms with van der Waals surface area (Å²) in [7, 11) is 0. The molecule has 0 heterocycles. The second kappa shape index (κ2) is 8.89. The van der Waals surface area contributed by atoms with Crippen molar-refractivity contribution in [3.8, 4) is 0 Å². The Morgan fingerprint density at radius 3 is 2.57 bits per heavy atom. The van der Waals surface area contributed by atoms with Gasteiger partial charge in [-0.25, -0.2) is 0 Å². The number of aliphatic hydroxyl groups is 2. The van der Waals surface area contributed by atoms with E-state index >= 15 is 0 Å². The molecule has 0 amide bonds. The van der Waals surface area contributed by atoms with Crippen molar-refractivity contribution in [3.05, 3.63) is 29.8 Å². The van der Waals surface area contributed by atoms with Gasteiger partial charge in [0.1, 0.15) is 12.7 Å². The summed E-state index contributed by atoms with van der Waals surface area (Å²) in [6.07, 6.45) is 4.43. The number of anilines is 1. The number of ether oxygens (including phenoxy) is 1. The lowest BCUT2D eigenvalue weighted by molar-refractivity contribution is -0.146. The third-order valence-corrected chi connectivity index (χ3v) is 4.45. The second-order valence-corrected chi connectivity index (χ2v) is 6.37. The zero-order valence-corrected chi connectivity index (χ0v) is 13.7. The molecule has 1 fully saturated rings. The van der Waals surface area contributed by atoms with Crippen LogP contribution >= 0.6 is 0 Å². The predicted octanol–water partition coefficient (Wildman–Crippen LogP) is 2.12. The first-order valence-corrected chi connectivity index (χ1v) is 8.38. The molecule has 2 atom stereocenters. The Kier molecular flexibility index (Phi) is 6.86. The Bertz CT molecular complexity index is 482. The van der Waals surface area contributed by atoms with Gasteiger partial charge in [0.15, 0.2) is 0 Å². The van der Waals surface area contributed by atoms with E-state index in [1.54, 1.807) is 0 Å². The fourth-order valence-electron chi connectivity index (χ4n) is 3.02. The fraction of sp³-hybridized carbons (Fsp3) is 0.611. The molecule has 1 aromatic rings. The van der Waals surface area contributed by atoms with Crippen LogP contribution in [0.5, 0.6) is 0 Å². The zero-order chi connectivity index (χ0) is 16.7. The lowest BCUT2D eigenvalue weighted by Crippen LogP contribution is -2.23. The van der Waals surface area contributed by atoms with Crippen molar-refractivity contribution in [3.63, 3.8) is 0 Å². The third kappa shape index (κ3) is 5.84. The normalized spacial score (nSPS) is 17.7. The smallest absolute Gasteiger partial charge is 0.310 e. The standard InChI is InChI=1S/C18H27NO4/c1-13(15-4-2-3-5-15)19-16-8-6-14(7-9-16)10-18(22)23-12-17(21)11-20/h6-9,13,15,17,19-21H,2-5,10-12H2,1H3. The van der Waals surface area contributed by atoms with Gasteiger partial charge >= 0.3 is 5.97 Å². The van der Waals surface area contributed by atoms with Gasteiger partial charge in [-0.1, -0.05) is 25.0 Å². The molecule has 3 N–H and O–H groups in total. The highest BCUT2D eigenvalue weighted by atomic mass is 16.5. The van der Waals surface area contributed by atoms with Crippen LogP contribution in [0.3, 0.4) is 0 Å². The van der Waals surface area contributed by atoms with Gasteiger partial charge in [0.25, 0.3) is 0 Å². The molecule has 0 radical (unpaired) electrons. The molecule has 1 aromatic carbocycles. The van der Waals surface area contributed by atoms with Gasteiger partial charge in [-0.2, -0.15) is 0 Å². The highest BCUT2D eigenvalue weighted by molar-refractivity contribution is 5.72. The van der Waals surface area contributed by atoms with E-state index in [1.807, 2.05) is 24.3 Å². The molecule has 1 aliphatic carbocycles. The zero-order valence-electron chi connectivity index (χ0n) is 13.7. The summed E-state index contributed by atoms with van der Waals surface area (Å²) < 4.78 is 4.90. The van der Waals surface area contributed by atoms with Crippen LogP contribution in [0.1, 0.15) is 38.2 Å². The van der Waals surface area contributed by atoms with Gasteiger partial charge in [0, 0.05) is 11.7 Å². The maximum absolute atomic E-state index is 11.6. The average molecular weight is 321 g/mol. The highest BCUT2D eigenvalue weighted by Crippen LogP contribution is 2.29. The Balaban J connectivity index is 1.78. The summed E-state index contributed by atoms with van der Waals surface area (Å²) in [5.41, 5.74) is 1.93. The van der Waals surface area contributed by atoms with Crippen molar-refractivity contribution < 1.29 is 19.7 Å². The Morgan fingerprint density at radius 2 is 1.96 bits per heavy atom. The number of carbonyl (C=O) groups excluding carboxylic acids is 1. The number of aliphatic hydroxyl groups excluding tert-OH is 2. The molecule has 0 bridgehead atoms. The van der Waals surface area contributed by atoms with Gasteiger partial charge in [-0.15, -0.1) is 0 Å². The Morgan fingerprint density at radius 1 is 1.30 bits per heavy atom. The van der Waals surface area contributed by atoms with E-state index in [1.165, 1.54) is 25.7 Å². The minimum atomic E-state index is -1.01. The molecule has 1 saturated carbocycles. The molecule has 0 aliphatic heterocycles. The number of nitrogens with one attached hydrogen (secondary N) is 1. The lowest BCUT2D eigenvalue weighted by Gasteiger charge is -2.21. The van der Waals surface area contributed by atoms with Crippen LogP contribution < -0.4 is 5.32 Å². The maximum atomic E-state index is 11.6. The molecule has 2 rings (SSSR count). The number of carbonyl (C=O) groups is 1. The first-order valence-electron chi connectivity index (χ1n) is 8.38. The van der Waals surface area contributed by atoms with Gasteiger partial charge < -0.3 is 20.3 Å². The molecule has 5 nitrogen and oxygen atoms in total. The molecule has 1 aliphatic rings. The molecule has 2 unspecified atom stereocenters. The topological polar surface area (TPSA) is 78.8 Å². The second-order valence-electron chi connectivity index (χ2n) is 6.37. The molecular formula is C18H27NO4. The van der Waals surface area contributed by atoms with E-state index in [0.717, 1.165) is 17.2 Å². The first-order chi connectivity index (χ1) is 11.1. The van der Waals surface area contributed by atoms with E-state index in [2.05, 4.69) is 12.2 Å². The largest absolute Gasteiger partial charge is 0.463 e. The van der Waals surface area contributed by atoms with Gasteiger partial charge in [-0.3, -0.25) is 4.79 Å². The van der Waals surface area contributed by atoms with Crippen molar-refractivity contribution in [1.82, 2.24) is 0 Å². The summed E-state index contributed by atoms with van der Waals surface area (Å²) in [5, 5.41) is 21.4. The van der Waals surface area contributed by atoms with Crippen molar-refractivity contribution in [2.45, 2.75) is 51.2 Å². The van der Waals surface area contributed by atoms with Crippen LogP contribution in [-0.2, 0) is 16.0 Å². The molecule has 0 spiro atoms. The van der Waals surface area contributed by atoms with Crippen molar-refractivity contribution in [2.24, 2.45) is 5.92 Å². The van der Waals surface area contributed by atoms with Crippen molar-refractivity contribution >= 4 is 11.7 Å². The van der Waals surface area contributed by atoms with Crippen LogP contribution in [0.2, 0.25) is 0 Å². The third-order valence-electron chi connectivity index (χ3n) is 4.45. The van der Waals surface area contributed by atoms with Crippen LogP contribution in [0.4, 0.5) is 5.69 Å². The summed E-state index contributed by atoms with van der Waals surface area (Å²) in [6.45, 7) is 1.65. The van der Waals surface area contributed by atoms with Crippen molar-refractivity contribution in [2.75, 3.05) is 18.5 Å². The number of rotatable bonds is 8. The number of esters is 1. The van der Waals surface area contributed by atoms with Crippen LogP contribution in [0, 0.1) is 5.92 Å². The van der Waals surface area contributed by atoms with E-state index in [-0.39, 0.29) is 13.0 Å². The summed E-state index contributed by atoms with van der Waals surface area (Å²) >= 11 is 0. The summed E-state index contributed by atoms with van der Waals surface area (Å²) in [6, 6.07) is 8.25. The van der Waals surface area contributed by atoms with E-state index in [4.69, 9.17) is 14.9 Å². The lowest BCUT2D eigenvalue weighted by atomic mass is 9.99. The number of hydrogen-bond donors (Lipinski definition) is 3. The molecule has 0 aromatic heterocycles. The van der Waals surface area contributed by atoms with Crippen LogP contribution in [-0.4, -0.2) is 41.5 Å². The maximum Gasteiger partial charge on any atom is 0.310 e. The molecular weight excluding hydrogens is 294 g/mol. The van der Waals surface area contributed by atoms with Gasteiger partial charge in [0.05, 0.1) is 13.0 Å². The summed E-state index contributed by atoms with van der Waals surface area (Å²) in [4.78, 5) is 11.6.